The van der Waals surface area contributed by atoms with E-state index in [2.05, 4.69) is 26.0 Å². The van der Waals surface area contributed by atoms with Gasteiger partial charge < -0.3 is 20.0 Å². The minimum atomic E-state index is -5.07. The molecule has 0 aliphatic carbocycles. The van der Waals surface area contributed by atoms with Crippen LogP contribution in [0.3, 0.4) is 0 Å². The number of phosphoric ester groups is 1. The van der Waals surface area contributed by atoms with Crippen LogP contribution in [-0.2, 0) is 13.9 Å². The summed E-state index contributed by atoms with van der Waals surface area (Å²) in [7, 11) is -5.07. The summed E-state index contributed by atoms with van der Waals surface area (Å²) < 4.78 is 16.9. The van der Waals surface area contributed by atoms with Crippen LogP contribution in [0.25, 0.3) is 0 Å². The molecule has 268 valence electrons. The summed E-state index contributed by atoms with van der Waals surface area (Å²) in [6, 6.07) is 0. The maximum absolute atomic E-state index is 13.3. The van der Waals surface area contributed by atoms with Gasteiger partial charge in [-0.1, -0.05) is 161 Å². The van der Waals surface area contributed by atoms with Crippen LogP contribution in [0.4, 0.5) is 0 Å². The van der Waals surface area contributed by atoms with Crippen molar-refractivity contribution in [2.75, 3.05) is 6.61 Å². The van der Waals surface area contributed by atoms with E-state index in [1.165, 1.54) is 96.3 Å². The second-order valence-corrected chi connectivity index (χ2v) is 14.4. The Morgan fingerprint density at radius 1 is 0.622 bits per heavy atom. The number of aliphatic hydroxyl groups is 2. The van der Waals surface area contributed by atoms with E-state index >= 15 is 0 Å². The lowest BCUT2D eigenvalue weighted by atomic mass is 9.84. The van der Waals surface area contributed by atoms with Crippen molar-refractivity contribution in [2.24, 2.45) is 0 Å². The highest BCUT2D eigenvalue weighted by Gasteiger charge is 2.49. The third-order valence-corrected chi connectivity index (χ3v) is 9.60. The molecule has 7 nitrogen and oxygen atoms in total. The van der Waals surface area contributed by atoms with Crippen molar-refractivity contribution in [1.82, 2.24) is 0 Å². The van der Waals surface area contributed by atoms with Gasteiger partial charge in [0, 0.05) is 6.42 Å². The molecule has 0 saturated heterocycles. The fourth-order valence-corrected chi connectivity index (χ4v) is 6.90. The first-order valence-electron chi connectivity index (χ1n) is 19.0. The smallest absolute Gasteiger partial charge is 0.394 e. The Morgan fingerprint density at radius 2 is 0.978 bits per heavy atom. The molecule has 0 aromatic carbocycles. The molecular weight excluding hydrogens is 587 g/mol. The molecule has 0 fully saturated rings. The number of hydrogen-bond donors (Lipinski definition) is 4. The monoisotopic (exact) mass is 661 g/mol. The van der Waals surface area contributed by atoms with Crippen molar-refractivity contribution in [3.8, 4) is 0 Å². The molecule has 0 aliphatic rings. The normalized spacial score (nSPS) is 14.3. The van der Waals surface area contributed by atoms with Crippen LogP contribution < -0.4 is 0 Å². The second kappa shape index (κ2) is 30.8. The number of rotatable bonds is 35. The van der Waals surface area contributed by atoms with Crippen molar-refractivity contribution >= 4 is 13.6 Å². The highest BCUT2D eigenvalue weighted by Crippen LogP contribution is 2.45. The summed E-state index contributed by atoms with van der Waals surface area (Å²) in [5, 5.41) is 20.3. The number of phosphoric acid groups is 1. The average molecular weight is 661 g/mol. The predicted octanol–water partition coefficient (Wildman–Crippen LogP) is 10.7. The van der Waals surface area contributed by atoms with Crippen LogP contribution in [0.1, 0.15) is 200 Å². The molecule has 0 aliphatic heterocycles. The van der Waals surface area contributed by atoms with Crippen LogP contribution in [0, 0.1) is 0 Å². The topological polar surface area (TPSA) is 124 Å². The van der Waals surface area contributed by atoms with Gasteiger partial charge in [-0.15, -0.1) is 0 Å². The molecule has 0 aromatic rings. The zero-order valence-electron chi connectivity index (χ0n) is 29.4. The van der Waals surface area contributed by atoms with Gasteiger partial charge in [0.2, 0.25) is 0 Å². The number of allylic oxidation sites excluding steroid dienone is 2. The molecule has 0 amide bonds. The van der Waals surface area contributed by atoms with Crippen molar-refractivity contribution in [3.63, 3.8) is 0 Å². The van der Waals surface area contributed by atoms with Gasteiger partial charge in [-0.3, -0.25) is 9.32 Å². The Bertz CT molecular complexity index is 738. The largest absolute Gasteiger partial charge is 0.470 e. The predicted molar refractivity (Wildman–Crippen MR) is 188 cm³/mol. The molecular formula is C37H73O7P. The van der Waals surface area contributed by atoms with Crippen LogP contribution in [0.2, 0.25) is 0 Å². The number of aliphatic hydroxyl groups excluding tert-OH is 2. The standard InChI is InChI=1S/C37H73O7P/c1-3-5-7-9-11-13-15-17-19-20-22-24-26-28-30-32-35(39)37(36(40)34-38,44-45(41,42)43)33-31-29-27-25-23-21-18-16-14-12-10-8-6-4-2/h17,19,36,38,40H,3-16,18,20-34H2,1-2H3,(H2,41,42,43)/b19-17-. The molecule has 0 bridgehead atoms. The average Bonchev–Trinajstić information content (AvgIpc) is 3.01. The van der Waals surface area contributed by atoms with Crippen molar-refractivity contribution in [3.05, 3.63) is 12.2 Å². The van der Waals surface area contributed by atoms with E-state index in [0.29, 0.717) is 12.8 Å². The molecule has 0 saturated carbocycles. The van der Waals surface area contributed by atoms with Gasteiger partial charge in [-0.25, -0.2) is 4.57 Å². The summed E-state index contributed by atoms with van der Waals surface area (Å²) in [5.74, 6) is -0.528. The van der Waals surface area contributed by atoms with Crippen LogP contribution in [-0.4, -0.2) is 44.1 Å². The van der Waals surface area contributed by atoms with E-state index in [1.54, 1.807) is 0 Å². The Balaban J connectivity index is 4.36. The van der Waals surface area contributed by atoms with Crippen molar-refractivity contribution < 1.29 is 33.9 Å². The fourth-order valence-electron chi connectivity index (χ4n) is 6.16. The number of ketones is 1. The summed E-state index contributed by atoms with van der Waals surface area (Å²) in [4.78, 5) is 32.5. The van der Waals surface area contributed by atoms with Gasteiger partial charge in [0.1, 0.15) is 6.10 Å². The molecule has 0 spiro atoms. The maximum atomic E-state index is 13.3. The summed E-state index contributed by atoms with van der Waals surface area (Å²) in [6.07, 6.45) is 33.9. The third kappa shape index (κ3) is 26.1. The highest BCUT2D eigenvalue weighted by molar-refractivity contribution is 7.46. The van der Waals surface area contributed by atoms with Crippen molar-refractivity contribution in [1.29, 1.82) is 0 Å². The van der Waals surface area contributed by atoms with Gasteiger partial charge >= 0.3 is 7.82 Å². The van der Waals surface area contributed by atoms with E-state index in [1.807, 2.05) is 0 Å². The lowest BCUT2D eigenvalue weighted by molar-refractivity contribution is -0.153. The first-order chi connectivity index (χ1) is 21.7. The Kier molecular flexibility index (Phi) is 30.4. The molecule has 0 rings (SSSR count). The Morgan fingerprint density at radius 3 is 1.36 bits per heavy atom. The number of hydrogen-bond acceptors (Lipinski definition) is 5. The van der Waals surface area contributed by atoms with Gasteiger partial charge in [0.05, 0.1) is 6.61 Å². The molecule has 4 N–H and O–H groups in total. The Hall–Kier alpha value is -0.560. The zero-order chi connectivity index (χ0) is 33.5. The summed E-state index contributed by atoms with van der Waals surface area (Å²) in [5.41, 5.74) is -2.08. The molecule has 2 atom stereocenters. The molecule has 8 heteroatoms. The van der Waals surface area contributed by atoms with Crippen molar-refractivity contribution in [2.45, 2.75) is 212 Å². The first kappa shape index (κ1) is 44.4. The minimum absolute atomic E-state index is 0.0121. The van der Waals surface area contributed by atoms with Gasteiger partial charge in [0.25, 0.3) is 0 Å². The quantitative estimate of drug-likeness (QED) is 0.0303. The first-order valence-corrected chi connectivity index (χ1v) is 20.5. The molecule has 0 heterocycles. The molecule has 0 aromatic heterocycles. The third-order valence-electron chi connectivity index (χ3n) is 9.03. The van der Waals surface area contributed by atoms with Crippen LogP contribution >= 0.6 is 7.82 Å². The summed E-state index contributed by atoms with van der Waals surface area (Å²) in [6.45, 7) is 3.69. The number of Topliss-reactive ketones (excluding diaryl/α,β-unsaturated/α-hetero) is 1. The van der Waals surface area contributed by atoms with E-state index in [4.69, 9.17) is 4.52 Å². The Labute approximate surface area is 277 Å². The van der Waals surface area contributed by atoms with E-state index in [-0.39, 0.29) is 12.8 Å². The number of carbonyl (C=O) groups is 1. The van der Waals surface area contributed by atoms with E-state index in [9.17, 15) is 29.4 Å². The number of carbonyl (C=O) groups excluding carboxylic acids is 1. The molecule has 0 radical (unpaired) electrons. The van der Waals surface area contributed by atoms with Gasteiger partial charge in [-0.05, 0) is 44.9 Å². The zero-order valence-corrected chi connectivity index (χ0v) is 30.3. The lowest BCUT2D eigenvalue weighted by Gasteiger charge is -2.35. The van der Waals surface area contributed by atoms with Gasteiger partial charge in [0.15, 0.2) is 11.4 Å². The van der Waals surface area contributed by atoms with Crippen LogP contribution in [0.5, 0.6) is 0 Å². The second-order valence-electron chi connectivity index (χ2n) is 13.3. The minimum Gasteiger partial charge on any atom is -0.394 e. The summed E-state index contributed by atoms with van der Waals surface area (Å²) >= 11 is 0. The fraction of sp³-hybridized carbons (Fsp3) is 0.919. The lowest BCUT2D eigenvalue weighted by Crippen LogP contribution is -2.52. The maximum Gasteiger partial charge on any atom is 0.470 e. The molecule has 2 unspecified atom stereocenters. The number of unbranched alkanes of at least 4 members (excludes halogenated alkanes) is 24. The van der Waals surface area contributed by atoms with E-state index < -0.39 is 31.9 Å². The van der Waals surface area contributed by atoms with Crippen LogP contribution in [0.15, 0.2) is 12.2 Å². The molecule has 45 heavy (non-hydrogen) atoms. The van der Waals surface area contributed by atoms with Gasteiger partial charge in [-0.2, -0.15) is 0 Å². The van der Waals surface area contributed by atoms with E-state index in [0.717, 1.165) is 64.2 Å². The SMILES string of the molecule is CCCCCCCC/C=C\CCCCCCCC(=O)C(CCCCCCCCCCCCCCCC)(OP(=O)(O)O)C(O)CO. The highest BCUT2D eigenvalue weighted by atomic mass is 31.2.